The molecule has 0 unspecified atom stereocenters. The summed E-state index contributed by atoms with van der Waals surface area (Å²) in [5.41, 5.74) is -0.584. The first kappa shape index (κ1) is 17.1. The number of benzene rings is 1. The van der Waals surface area contributed by atoms with Crippen molar-refractivity contribution >= 4 is 11.7 Å². The Balaban J connectivity index is 1.54. The Morgan fingerprint density at radius 2 is 1.75 bits per heavy atom. The van der Waals surface area contributed by atoms with Gasteiger partial charge in [-0.05, 0) is 31.0 Å². The van der Waals surface area contributed by atoms with Crippen molar-refractivity contribution in [2.45, 2.75) is 37.9 Å². The van der Waals surface area contributed by atoms with E-state index in [2.05, 4.69) is 10.2 Å². The van der Waals surface area contributed by atoms with Gasteiger partial charge in [-0.15, -0.1) is 0 Å². The maximum absolute atomic E-state index is 12.7. The van der Waals surface area contributed by atoms with Crippen LogP contribution in [-0.2, 0) is 6.18 Å². The molecule has 2 fully saturated rings. The fourth-order valence-electron chi connectivity index (χ4n) is 3.54. The van der Waals surface area contributed by atoms with Crippen molar-refractivity contribution in [2.24, 2.45) is 0 Å². The van der Waals surface area contributed by atoms with Gasteiger partial charge < -0.3 is 10.2 Å². The molecule has 0 bridgehead atoms. The van der Waals surface area contributed by atoms with Gasteiger partial charge in [-0.1, -0.05) is 18.9 Å². The average molecular weight is 341 g/mol. The Bertz CT molecular complexity index is 577. The predicted octanol–water partition coefficient (Wildman–Crippen LogP) is 3.80. The van der Waals surface area contributed by atoms with E-state index < -0.39 is 11.7 Å². The molecule has 1 saturated heterocycles. The number of rotatable bonds is 2. The fraction of sp³-hybridized carbons (Fsp3) is 0.588. The summed E-state index contributed by atoms with van der Waals surface area (Å²) in [6.07, 6.45) is 0.613. The number of piperazine rings is 1. The summed E-state index contributed by atoms with van der Waals surface area (Å²) in [5, 5.41) is 2.58. The van der Waals surface area contributed by atoms with Crippen LogP contribution >= 0.6 is 0 Å². The highest BCUT2D eigenvalue weighted by Crippen LogP contribution is 2.30. The number of carbonyl (C=O) groups is 1. The summed E-state index contributed by atoms with van der Waals surface area (Å²) in [6.45, 7) is 2.89. The minimum Gasteiger partial charge on any atom is -0.322 e. The van der Waals surface area contributed by atoms with Gasteiger partial charge >= 0.3 is 12.2 Å². The Kier molecular flexibility index (Phi) is 4.99. The lowest BCUT2D eigenvalue weighted by Gasteiger charge is -2.38. The molecule has 132 valence electrons. The van der Waals surface area contributed by atoms with Crippen molar-refractivity contribution in [3.8, 4) is 0 Å². The lowest BCUT2D eigenvalue weighted by molar-refractivity contribution is -0.137. The standard InChI is InChI=1S/C17H22F3N3O/c18-17(19,20)13-4-3-5-14(12-13)21-16(24)23-10-8-22(9-11-23)15-6-1-2-7-15/h3-5,12,15H,1-2,6-11H2,(H,21,24). The Morgan fingerprint density at radius 1 is 1.08 bits per heavy atom. The Hall–Kier alpha value is -1.76. The van der Waals surface area contributed by atoms with Crippen LogP contribution in [0.1, 0.15) is 31.2 Å². The van der Waals surface area contributed by atoms with Gasteiger partial charge in [-0.25, -0.2) is 4.79 Å². The second-order valence-electron chi connectivity index (χ2n) is 6.47. The number of urea groups is 1. The zero-order valence-electron chi connectivity index (χ0n) is 13.5. The molecule has 1 saturated carbocycles. The summed E-state index contributed by atoms with van der Waals surface area (Å²) in [7, 11) is 0. The molecule has 0 aromatic heterocycles. The highest BCUT2D eigenvalue weighted by molar-refractivity contribution is 5.89. The molecular formula is C17H22F3N3O. The molecule has 24 heavy (non-hydrogen) atoms. The van der Waals surface area contributed by atoms with Crippen LogP contribution in [0.4, 0.5) is 23.7 Å². The topological polar surface area (TPSA) is 35.6 Å². The van der Waals surface area contributed by atoms with Crippen molar-refractivity contribution in [3.63, 3.8) is 0 Å². The van der Waals surface area contributed by atoms with Gasteiger partial charge in [0, 0.05) is 37.9 Å². The molecule has 0 spiro atoms. The largest absolute Gasteiger partial charge is 0.416 e. The molecule has 1 aliphatic carbocycles. The van der Waals surface area contributed by atoms with E-state index in [0.29, 0.717) is 19.1 Å². The second-order valence-corrected chi connectivity index (χ2v) is 6.47. The normalized spacial score (nSPS) is 20.4. The van der Waals surface area contributed by atoms with E-state index in [-0.39, 0.29) is 11.7 Å². The molecule has 0 radical (unpaired) electrons. The number of alkyl halides is 3. The Morgan fingerprint density at radius 3 is 2.38 bits per heavy atom. The quantitative estimate of drug-likeness (QED) is 0.888. The van der Waals surface area contributed by atoms with Crippen LogP contribution in [0.15, 0.2) is 24.3 Å². The lowest BCUT2D eigenvalue weighted by atomic mass is 10.2. The van der Waals surface area contributed by atoms with Crippen LogP contribution in [0.3, 0.4) is 0 Å². The van der Waals surface area contributed by atoms with Gasteiger partial charge in [0.25, 0.3) is 0 Å². The van der Waals surface area contributed by atoms with Gasteiger partial charge in [0.1, 0.15) is 0 Å². The number of anilines is 1. The number of nitrogens with zero attached hydrogens (tertiary/aromatic N) is 2. The molecular weight excluding hydrogens is 319 g/mol. The first-order chi connectivity index (χ1) is 11.4. The van der Waals surface area contributed by atoms with Crippen LogP contribution < -0.4 is 5.32 Å². The van der Waals surface area contributed by atoms with E-state index in [1.807, 2.05) is 0 Å². The van der Waals surface area contributed by atoms with Gasteiger partial charge in [0.2, 0.25) is 0 Å². The van der Waals surface area contributed by atoms with Crippen LogP contribution in [0.25, 0.3) is 0 Å². The molecule has 1 N–H and O–H groups in total. The molecule has 1 aromatic carbocycles. The molecule has 4 nitrogen and oxygen atoms in total. The third-order valence-corrected chi connectivity index (χ3v) is 4.88. The lowest BCUT2D eigenvalue weighted by Crippen LogP contribution is -2.52. The molecule has 7 heteroatoms. The third-order valence-electron chi connectivity index (χ3n) is 4.88. The van der Waals surface area contributed by atoms with Crippen molar-refractivity contribution in [3.05, 3.63) is 29.8 Å². The maximum atomic E-state index is 12.7. The third kappa shape index (κ3) is 4.01. The zero-order valence-corrected chi connectivity index (χ0v) is 13.5. The van der Waals surface area contributed by atoms with Gasteiger partial charge in [-0.2, -0.15) is 13.2 Å². The monoisotopic (exact) mass is 341 g/mol. The highest BCUT2D eigenvalue weighted by Gasteiger charge is 2.31. The van der Waals surface area contributed by atoms with Crippen molar-refractivity contribution < 1.29 is 18.0 Å². The van der Waals surface area contributed by atoms with E-state index in [1.54, 1.807) is 4.90 Å². The van der Waals surface area contributed by atoms with E-state index >= 15 is 0 Å². The first-order valence-electron chi connectivity index (χ1n) is 8.41. The molecule has 2 aliphatic rings. The van der Waals surface area contributed by atoms with Crippen molar-refractivity contribution in [1.29, 1.82) is 0 Å². The van der Waals surface area contributed by atoms with Crippen molar-refractivity contribution in [2.75, 3.05) is 31.5 Å². The number of halogens is 3. The minimum atomic E-state index is -4.41. The van der Waals surface area contributed by atoms with Crippen molar-refractivity contribution in [1.82, 2.24) is 9.80 Å². The Labute approximate surface area is 139 Å². The number of hydrogen-bond acceptors (Lipinski definition) is 2. The van der Waals surface area contributed by atoms with Gasteiger partial charge in [-0.3, -0.25) is 4.90 Å². The van der Waals surface area contributed by atoms with Crippen LogP contribution in [0.5, 0.6) is 0 Å². The molecule has 2 amide bonds. The van der Waals surface area contributed by atoms with Crippen LogP contribution in [-0.4, -0.2) is 48.1 Å². The summed E-state index contributed by atoms with van der Waals surface area (Å²) in [5.74, 6) is 0. The van der Waals surface area contributed by atoms with E-state index in [0.717, 1.165) is 25.2 Å². The summed E-state index contributed by atoms with van der Waals surface area (Å²) < 4.78 is 38.2. The highest BCUT2D eigenvalue weighted by atomic mass is 19.4. The first-order valence-corrected chi connectivity index (χ1v) is 8.41. The predicted molar refractivity (Wildman–Crippen MR) is 85.9 cm³/mol. The molecule has 1 heterocycles. The smallest absolute Gasteiger partial charge is 0.322 e. The fourth-order valence-corrected chi connectivity index (χ4v) is 3.54. The number of carbonyl (C=O) groups excluding carboxylic acids is 1. The maximum Gasteiger partial charge on any atom is 0.416 e. The van der Waals surface area contributed by atoms with Crippen LogP contribution in [0, 0.1) is 0 Å². The van der Waals surface area contributed by atoms with E-state index in [4.69, 9.17) is 0 Å². The van der Waals surface area contributed by atoms with Gasteiger partial charge in [0.05, 0.1) is 5.56 Å². The molecule has 1 aliphatic heterocycles. The summed E-state index contributed by atoms with van der Waals surface area (Å²) in [4.78, 5) is 16.4. The number of hydrogen-bond donors (Lipinski definition) is 1. The van der Waals surface area contributed by atoms with Crippen LogP contribution in [0.2, 0.25) is 0 Å². The molecule has 0 atom stereocenters. The zero-order chi connectivity index (χ0) is 17.2. The minimum absolute atomic E-state index is 0.174. The summed E-state index contributed by atoms with van der Waals surface area (Å²) in [6, 6.07) is 5.04. The second kappa shape index (κ2) is 7.01. The average Bonchev–Trinajstić information content (AvgIpc) is 3.09. The van der Waals surface area contributed by atoms with E-state index in [1.165, 1.54) is 37.8 Å². The summed E-state index contributed by atoms with van der Waals surface area (Å²) >= 11 is 0. The molecule has 1 aromatic rings. The number of amides is 2. The number of nitrogens with one attached hydrogen (secondary N) is 1. The SMILES string of the molecule is O=C(Nc1cccc(C(F)(F)F)c1)N1CCN(C2CCCC2)CC1. The molecule has 3 rings (SSSR count). The van der Waals surface area contributed by atoms with E-state index in [9.17, 15) is 18.0 Å². The van der Waals surface area contributed by atoms with Gasteiger partial charge in [0.15, 0.2) is 0 Å².